The Morgan fingerprint density at radius 2 is 2.05 bits per heavy atom. The van der Waals surface area contributed by atoms with Crippen LogP contribution in [-0.4, -0.2) is 25.8 Å². The first-order valence-electron chi connectivity index (χ1n) is 6.63. The fourth-order valence-electron chi connectivity index (χ4n) is 2.13. The molecule has 2 aromatic heterocycles. The van der Waals surface area contributed by atoms with Gasteiger partial charge in [-0.25, -0.2) is 9.97 Å². The first-order valence-corrected chi connectivity index (χ1v) is 6.63. The molecule has 2 aromatic rings. The van der Waals surface area contributed by atoms with Crippen LogP contribution in [0.3, 0.4) is 0 Å². The van der Waals surface area contributed by atoms with Gasteiger partial charge in [-0.2, -0.15) is 4.68 Å². The summed E-state index contributed by atoms with van der Waals surface area (Å²) in [4.78, 5) is 8.82. The van der Waals surface area contributed by atoms with E-state index in [1.807, 2.05) is 27.0 Å². The zero-order chi connectivity index (χ0) is 14.0. The summed E-state index contributed by atoms with van der Waals surface area (Å²) in [6, 6.07) is 2.33. The fourth-order valence-corrected chi connectivity index (χ4v) is 2.13. The van der Waals surface area contributed by atoms with Crippen LogP contribution in [0.5, 0.6) is 0 Å². The Balaban J connectivity index is 2.32. The molecule has 0 saturated carbocycles. The Bertz CT molecular complexity index is 573. The Morgan fingerprint density at radius 1 is 1.32 bits per heavy atom. The van der Waals surface area contributed by atoms with Crippen LogP contribution in [-0.2, 0) is 6.42 Å². The predicted octanol–water partition coefficient (Wildman–Crippen LogP) is 1.87. The van der Waals surface area contributed by atoms with Crippen molar-refractivity contribution in [2.45, 2.75) is 46.6 Å². The molecule has 1 unspecified atom stereocenters. The van der Waals surface area contributed by atoms with E-state index in [0.717, 1.165) is 35.9 Å². The standard InChI is InChI=1S/C14H21N5/c1-5-13(15)7-12-6-9(2)14(16-8-12)19-11(4)17-10(3)18-19/h6,8,13H,5,7,15H2,1-4H3. The van der Waals surface area contributed by atoms with Crippen LogP contribution in [0.15, 0.2) is 12.3 Å². The van der Waals surface area contributed by atoms with Gasteiger partial charge in [0.2, 0.25) is 0 Å². The van der Waals surface area contributed by atoms with Crippen molar-refractivity contribution in [1.82, 2.24) is 19.7 Å². The highest BCUT2D eigenvalue weighted by molar-refractivity contribution is 5.35. The summed E-state index contributed by atoms with van der Waals surface area (Å²) >= 11 is 0. The van der Waals surface area contributed by atoms with E-state index in [2.05, 4.69) is 28.1 Å². The zero-order valence-corrected chi connectivity index (χ0v) is 12.0. The first kappa shape index (κ1) is 13.7. The lowest BCUT2D eigenvalue weighted by Gasteiger charge is -2.11. The van der Waals surface area contributed by atoms with Crippen molar-refractivity contribution in [3.8, 4) is 5.82 Å². The van der Waals surface area contributed by atoms with E-state index in [4.69, 9.17) is 5.73 Å². The molecule has 0 radical (unpaired) electrons. The molecule has 0 aromatic carbocycles. The van der Waals surface area contributed by atoms with Gasteiger partial charge < -0.3 is 5.73 Å². The summed E-state index contributed by atoms with van der Waals surface area (Å²) in [6.45, 7) is 7.95. The molecule has 0 aliphatic rings. The van der Waals surface area contributed by atoms with Crippen LogP contribution in [0.4, 0.5) is 0 Å². The molecule has 0 aliphatic carbocycles. The highest BCUT2D eigenvalue weighted by Crippen LogP contribution is 2.15. The molecule has 1 atom stereocenters. The van der Waals surface area contributed by atoms with E-state index in [1.165, 1.54) is 5.56 Å². The van der Waals surface area contributed by atoms with Gasteiger partial charge in [0, 0.05) is 12.2 Å². The maximum absolute atomic E-state index is 5.98. The third-order valence-electron chi connectivity index (χ3n) is 3.21. The molecule has 2 rings (SSSR count). The number of nitrogens with two attached hydrogens (primary N) is 1. The smallest absolute Gasteiger partial charge is 0.158 e. The Kier molecular flexibility index (Phi) is 3.95. The monoisotopic (exact) mass is 259 g/mol. The molecular formula is C14H21N5. The summed E-state index contributed by atoms with van der Waals surface area (Å²) in [5.74, 6) is 2.45. The topological polar surface area (TPSA) is 69.6 Å². The highest BCUT2D eigenvalue weighted by Gasteiger charge is 2.10. The fraction of sp³-hybridized carbons (Fsp3) is 0.500. The number of hydrogen-bond acceptors (Lipinski definition) is 4. The lowest BCUT2D eigenvalue weighted by Crippen LogP contribution is -2.21. The second-order valence-electron chi connectivity index (χ2n) is 4.97. The van der Waals surface area contributed by atoms with Crippen molar-refractivity contribution in [1.29, 1.82) is 0 Å². The molecule has 19 heavy (non-hydrogen) atoms. The minimum absolute atomic E-state index is 0.197. The Hall–Kier alpha value is -1.75. The highest BCUT2D eigenvalue weighted by atomic mass is 15.4. The van der Waals surface area contributed by atoms with E-state index in [1.54, 1.807) is 4.68 Å². The molecule has 0 fully saturated rings. The Morgan fingerprint density at radius 3 is 2.58 bits per heavy atom. The van der Waals surface area contributed by atoms with E-state index >= 15 is 0 Å². The van der Waals surface area contributed by atoms with Crippen LogP contribution in [0.2, 0.25) is 0 Å². The second kappa shape index (κ2) is 5.48. The minimum Gasteiger partial charge on any atom is -0.327 e. The number of hydrogen-bond donors (Lipinski definition) is 1. The average Bonchev–Trinajstić information content (AvgIpc) is 2.68. The first-order chi connectivity index (χ1) is 9.01. The molecule has 0 amide bonds. The van der Waals surface area contributed by atoms with Crippen molar-refractivity contribution < 1.29 is 0 Å². The summed E-state index contributed by atoms with van der Waals surface area (Å²) < 4.78 is 1.79. The van der Waals surface area contributed by atoms with E-state index < -0.39 is 0 Å². The van der Waals surface area contributed by atoms with Gasteiger partial charge in [0.1, 0.15) is 11.6 Å². The summed E-state index contributed by atoms with van der Waals surface area (Å²) in [6.07, 6.45) is 3.72. The molecule has 5 heteroatoms. The molecule has 0 bridgehead atoms. The lowest BCUT2D eigenvalue weighted by atomic mass is 10.1. The summed E-state index contributed by atoms with van der Waals surface area (Å²) in [7, 11) is 0. The largest absolute Gasteiger partial charge is 0.327 e. The van der Waals surface area contributed by atoms with Gasteiger partial charge in [-0.15, -0.1) is 5.10 Å². The van der Waals surface area contributed by atoms with E-state index in [-0.39, 0.29) is 6.04 Å². The number of aryl methyl sites for hydroxylation is 3. The van der Waals surface area contributed by atoms with Crippen LogP contribution in [0.25, 0.3) is 5.82 Å². The van der Waals surface area contributed by atoms with Crippen LogP contribution < -0.4 is 5.73 Å². The summed E-state index contributed by atoms with van der Waals surface area (Å²) in [5, 5.41) is 4.37. The zero-order valence-electron chi connectivity index (χ0n) is 12.0. The van der Waals surface area contributed by atoms with Gasteiger partial charge in [0.05, 0.1) is 0 Å². The lowest BCUT2D eigenvalue weighted by molar-refractivity contribution is 0.644. The maximum atomic E-state index is 5.98. The molecule has 0 saturated heterocycles. The van der Waals surface area contributed by atoms with Crippen LogP contribution in [0.1, 0.15) is 36.1 Å². The molecule has 5 nitrogen and oxygen atoms in total. The summed E-state index contributed by atoms with van der Waals surface area (Å²) in [5.41, 5.74) is 8.24. The number of rotatable bonds is 4. The molecule has 0 aliphatic heterocycles. The van der Waals surface area contributed by atoms with Gasteiger partial charge in [-0.3, -0.25) is 0 Å². The molecule has 102 valence electrons. The average molecular weight is 259 g/mol. The molecular weight excluding hydrogens is 238 g/mol. The molecule has 0 spiro atoms. The van der Waals surface area contributed by atoms with Gasteiger partial charge in [-0.1, -0.05) is 13.0 Å². The maximum Gasteiger partial charge on any atom is 0.158 e. The third-order valence-corrected chi connectivity index (χ3v) is 3.21. The normalized spacial score (nSPS) is 12.7. The predicted molar refractivity (Wildman–Crippen MR) is 75.3 cm³/mol. The van der Waals surface area contributed by atoms with Gasteiger partial charge in [0.25, 0.3) is 0 Å². The Labute approximate surface area is 113 Å². The number of nitrogens with zero attached hydrogens (tertiary/aromatic N) is 4. The van der Waals surface area contributed by atoms with Crippen molar-refractivity contribution in [2.75, 3.05) is 0 Å². The van der Waals surface area contributed by atoms with Crippen molar-refractivity contribution in [2.24, 2.45) is 5.73 Å². The van der Waals surface area contributed by atoms with Gasteiger partial charge >= 0.3 is 0 Å². The third kappa shape index (κ3) is 2.98. The van der Waals surface area contributed by atoms with Crippen LogP contribution in [0, 0.1) is 20.8 Å². The van der Waals surface area contributed by atoms with E-state index in [9.17, 15) is 0 Å². The van der Waals surface area contributed by atoms with Crippen molar-refractivity contribution in [3.05, 3.63) is 35.0 Å². The van der Waals surface area contributed by atoms with E-state index in [0.29, 0.717) is 0 Å². The molecule has 2 heterocycles. The number of aromatic nitrogens is 4. The van der Waals surface area contributed by atoms with Gasteiger partial charge in [0.15, 0.2) is 5.82 Å². The minimum atomic E-state index is 0.197. The van der Waals surface area contributed by atoms with Crippen molar-refractivity contribution in [3.63, 3.8) is 0 Å². The second-order valence-corrected chi connectivity index (χ2v) is 4.97. The number of pyridine rings is 1. The SMILES string of the molecule is CCC(N)Cc1cnc(-n2nc(C)nc2C)c(C)c1. The van der Waals surface area contributed by atoms with Crippen molar-refractivity contribution >= 4 is 0 Å². The van der Waals surface area contributed by atoms with Gasteiger partial charge in [-0.05, 0) is 44.7 Å². The molecule has 2 N–H and O–H groups in total. The quantitative estimate of drug-likeness (QED) is 0.910. The van der Waals surface area contributed by atoms with Crippen LogP contribution >= 0.6 is 0 Å².